The van der Waals surface area contributed by atoms with Gasteiger partial charge in [0.2, 0.25) is 0 Å². The normalized spacial score (nSPS) is 26.6. The number of carbonyl (C=O) groups is 1. The molecule has 1 heterocycles. The molecule has 0 spiro atoms. The second kappa shape index (κ2) is 4.76. The van der Waals surface area contributed by atoms with E-state index in [1.54, 1.807) is 0 Å². The molecule has 2 aromatic rings. The molecule has 1 N–H and O–H groups in total. The number of aromatic nitrogens is 1. The van der Waals surface area contributed by atoms with Crippen molar-refractivity contribution in [1.82, 2.24) is 9.88 Å². The van der Waals surface area contributed by atoms with Crippen LogP contribution in [0.25, 0.3) is 10.9 Å². The molecule has 2 aliphatic rings. The summed E-state index contributed by atoms with van der Waals surface area (Å²) in [6.07, 6.45) is 9.22. The fourth-order valence-corrected chi connectivity index (χ4v) is 3.86. The second-order valence-electron chi connectivity index (χ2n) is 6.45. The Kier molecular flexibility index (Phi) is 2.88. The zero-order valence-corrected chi connectivity index (χ0v) is 12.3. The molecule has 1 amide bonds. The van der Waals surface area contributed by atoms with Gasteiger partial charge in [-0.3, -0.25) is 4.79 Å². The molecule has 4 rings (SSSR count). The van der Waals surface area contributed by atoms with Crippen molar-refractivity contribution < 1.29 is 4.79 Å². The molecule has 2 aliphatic carbocycles. The summed E-state index contributed by atoms with van der Waals surface area (Å²) in [5.41, 5.74) is 1.86. The molecule has 2 bridgehead atoms. The lowest BCUT2D eigenvalue weighted by Crippen LogP contribution is -2.30. The fourth-order valence-electron chi connectivity index (χ4n) is 3.86. The number of fused-ring (bicyclic) bond motifs is 3. The molecule has 21 heavy (non-hydrogen) atoms. The Balaban J connectivity index is 1.46. The Bertz CT molecular complexity index is 728. The van der Waals surface area contributed by atoms with E-state index >= 15 is 0 Å². The van der Waals surface area contributed by atoms with Crippen LogP contribution in [0.4, 0.5) is 0 Å². The summed E-state index contributed by atoms with van der Waals surface area (Å²) >= 11 is 0. The lowest BCUT2D eigenvalue weighted by molar-refractivity contribution is 0.0945. The molecule has 3 atom stereocenters. The predicted octanol–water partition coefficient (Wildman–Crippen LogP) is 3.12. The maximum absolute atomic E-state index is 12.3. The van der Waals surface area contributed by atoms with Crippen LogP contribution in [0.1, 0.15) is 23.2 Å². The number of rotatable bonds is 3. The van der Waals surface area contributed by atoms with Gasteiger partial charge in [-0.1, -0.05) is 18.2 Å². The number of aryl methyl sites for hydroxylation is 1. The molecule has 1 saturated carbocycles. The smallest absolute Gasteiger partial charge is 0.251 e. The van der Waals surface area contributed by atoms with Gasteiger partial charge in [0.15, 0.2) is 0 Å². The molecule has 1 fully saturated rings. The van der Waals surface area contributed by atoms with E-state index in [-0.39, 0.29) is 5.91 Å². The van der Waals surface area contributed by atoms with Gasteiger partial charge in [0.05, 0.1) is 0 Å². The van der Waals surface area contributed by atoms with Gasteiger partial charge in [0, 0.05) is 30.9 Å². The van der Waals surface area contributed by atoms with Gasteiger partial charge in [0.1, 0.15) is 0 Å². The van der Waals surface area contributed by atoms with Crippen LogP contribution in [0.15, 0.2) is 42.6 Å². The van der Waals surface area contributed by atoms with E-state index in [0.29, 0.717) is 11.8 Å². The summed E-state index contributed by atoms with van der Waals surface area (Å²) in [5.74, 6) is 2.12. The summed E-state index contributed by atoms with van der Waals surface area (Å²) in [5, 5.41) is 4.29. The van der Waals surface area contributed by atoms with Crippen LogP contribution in [0.3, 0.4) is 0 Å². The van der Waals surface area contributed by atoms with E-state index < -0.39 is 0 Å². The average Bonchev–Trinajstić information content (AvgIpc) is 3.20. The largest absolute Gasteiger partial charge is 0.352 e. The SMILES string of the molecule is Cn1ccc2ccc(C(=O)NC[C@H]3C[C@H]4C=C[C@H]3C4)cc21. The standard InChI is InChI=1S/C18H20N2O/c1-20-7-6-13-4-5-15(10-17(13)20)18(21)19-11-16-9-12-2-3-14(16)8-12/h2-7,10,12,14,16H,8-9,11H2,1H3,(H,19,21)/t12-,14-,16+/m0/s1. The van der Waals surface area contributed by atoms with Gasteiger partial charge in [-0.2, -0.15) is 0 Å². The first-order valence-electron chi connectivity index (χ1n) is 7.72. The molecule has 1 aromatic heterocycles. The molecule has 1 aromatic carbocycles. The van der Waals surface area contributed by atoms with E-state index in [2.05, 4.69) is 23.5 Å². The predicted molar refractivity (Wildman–Crippen MR) is 84.1 cm³/mol. The third-order valence-corrected chi connectivity index (χ3v) is 5.09. The van der Waals surface area contributed by atoms with Crippen LogP contribution in [-0.4, -0.2) is 17.0 Å². The maximum Gasteiger partial charge on any atom is 0.251 e. The molecule has 108 valence electrons. The zero-order chi connectivity index (χ0) is 14.4. The first-order valence-corrected chi connectivity index (χ1v) is 7.72. The molecule has 0 saturated heterocycles. The van der Waals surface area contributed by atoms with Crippen molar-refractivity contribution in [1.29, 1.82) is 0 Å². The molecule has 0 radical (unpaired) electrons. The lowest BCUT2D eigenvalue weighted by atomic mass is 9.93. The topological polar surface area (TPSA) is 34.0 Å². The van der Waals surface area contributed by atoms with Crippen LogP contribution < -0.4 is 5.32 Å². The highest BCUT2D eigenvalue weighted by Gasteiger charge is 2.35. The summed E-state index contributed by atoms with van der Waals surface area (Å²) in [6.45, 7) is 0.801. The Hall–Kier alpha value is -2.03. The quantitative estimate of drug-likeness (QED) is 0.861. The summed E-state index contributed by atoms with van der Waals surface area (Å²) < 4.78 is 2.05. The van der Waals surface area contributed by atoms with Crippen molar-refractivity contribution in [3.63, 3.8) is 0 Å². The lowest BCUT2D eigenvalue weighted by Gasteiger charge is -2.18. The van der Waals surface area contributed by atoms with Crippen LogP contribution in [-0.2, 0) is 7.05 Å². The first-order chi connectivity index (χ1) is 10.2. The van der Waals surface area contributed by atoms with Gasteiger partial charge < -0.3 is 9.88 Å². The minimum atomic E-state index is 0.0462. The van der Waals surface area contributed by atoms with E-state index in [1.165, 1.54) is 18.2 Å². The summed E-state index contributed by atoms with van der Waals surface area (Å²) in [7, 11) is 2.01. The first kappa shape index (κ1) is 12.7. The van der Waals surface area contributed by atoms with Crippen LogP contribution >= 0.6 is 0 Å². The summed E-state index contributed by atoms with van der Waals surface area (Å²) in [6, 6.07) is 7.98. The second-order valence-corrected chi connectivity index (χ2v) is 6.45. The van der Waals surface area contributed by atoms with Gasteiger partial charge in [-0.15, -0.1) is 0 Å². The van der Waals surface area contributed by atoms with Gasteiger partial charge in [-0.25, -0.2) is 0 Å². The highest BCUT2D eigenvalue weighted by molar-refractivity contribution is 5.98. The Labute approximate surface area is 124 Å². The number of hydrogen-bond donors (Lipinski definition) is 1. The number of nitrogens with one attached hydrogen (secondary N) is 1. The minimum absolute atomic E-state index is 0.0462. The van der Waals surface area contributed by atoms with E-state index in [0.717, 1.165) is 23.5 Å². The molecule has 3 heteroatoms. The monoisotopic (exact) mass is 280 g/mol. The number of amides is 1. The fraction of sp³-hybridized carbons (Fsp3) is 0.389. The Morgan fingerprint density at radius 3 is 2.95 bits per heavy atom. The van der Waals surface area contributed by atoms with Crippen molar-refractivity contribution >= 4 is 16.8 Å². The Morgan fingerprint density at radius 2 is 2.19 bits per heavy atom. The third-order valence-electron chi connectivity index (χ3n) is 5.09. The Morgan fingerprint density at radius 1 is 1.29 bits per heavy atom. The number of hydrogen-bond acceptors (Lipinski definition) is 1. The van der Waals surface area contributed by atoms with Gasteiger partial charge in [-0.05, 0) is 54.2 Å². The average molecular weight is 280 g/mol. The maximum atomic E-state index is 12.3. The van der Waals surface area contributed by atoms with Crippen molar-refractivity contribution in [2.75, 3.05) is 6.54 Å². The highest BCUT2D eigenvalue weighted by atomic mass is 16.1. The minimum Gasteiger partial charge on any atom is -0.352 e. The van der Waals surface area contributed by atoms with E-state index in [1.807, 2.05) is 36.0 Å². The van der Waals surface area contributed by atoms with Crippen LogP contribution in [0.2, 0.25) is 0 Å². The highest BCUT2D eigenvalue weighted by Crippen LogP contribution is 2.42. The number of allylic oxidation sites excluding steroid dienone is 2. The molecular weight excluding hydrogens is 260 g/mol. The van der Waals surface area contributed by atoms with E-state index in [4.69, 9.17) is 0 Å². The van der Waals surface area contributed by atoms with E-state index in [9.17, 15) is 4.79 Å². The van der Waals surface area contributed by atoms with Crippen molar-refractivity contribution in [3.05, 3.63) is 48.2 Å². The molecule has 0 unspecified atom stereocenters. The van der Waals surface area contributed by atoms with Crippen LogP contribution in [0.5, 0.6) is 0 Å². The van der Waals surface area contributed by atoms with Crippen molar-refractivity contribution in [2.24, 2.45) is 24.8 Å². The zero-order valence-electron chi connectivity index (χ0n) is 12.3. The number of benzene rings is 1. The van der Waals surface area contributed by atoms with Crippen molar-refractivity contribution in [3.8, 4) is 0 Å². The van der Waals surface area contributed by atoms with Gasteiger partial charge >= 0.3 is 0 Å². The number of nitrogens with zero attached hydrogens (tertiary/aromatic N) is 1. The molecule has 3 nitrogen and oxygen atoms in total. The van der Waals surface area contributed by atoms with Crippen LogP contribution in [0, 0.1) is 17.8 Å². The summed E-state index contributed by atoms with van der Waals surface area (Å²) in [4.78, 5) is 12.3. The third kappa shape index (κ3) is 2.17. The number of carbonyl (C=O) groups excluding carboxylic acids is 1. The molecule has 0 aliphatic heterocycles. The molecular formula is C18H20N2O. The van der Waals surface area contributed by atoms with Gasteiger partial charge in [0.25, 0.3) is 5.91 Å². The van der Waals surface area contributed by atoms with Crippen molar-refractivity contribution in [2.45, 2.75) is 12.8 Å².